The van der Waals surface area contributed by atoms with Crippen LogP contribution in [-0.4, -0.2) is 44.3 Å². The van der Waals surface area contributed by atoms with Gasteiger partial charge in [-0.05, 0) is 0 Å². The largest absolute Gasteiger partial charge is 0.468 e. The number of methoxy groups -OCH3 is 1. The number of ether oxygens (including phenoxy) is 1. The van der Waals surface area contributed by atoms with E-state index in [-0.39, 0.29) is 25.4 Å². The van der Waals surface area contributed by atoms with Gasteiger partial charge in [0.05, 0.1) is 13.2 Å². The Kier molecular flexibility index (Phi) is 3.82. The van der Waals surface area contributed by atoms with Crippen molar-refractivity contribution in [2.24, 2.45) is 0 Å². The van der Waals surface area contributed by atoms with Crippen molar-refractivity contribution < 1.29 is 18.7 Å². The molecule has 0 aromatic rings. The third kappa shape index (κ3) is 2.95. The van der Waals surface area contributed by atoms with Gasteiger partial charge in [-0.15, -0.1) is 0 Å². The van der Waals surface area contributed by atoms with E-state index in [1.165, 1.54) is 7.11 Å². The zero-order valence-corrected chi connectivity index (χ0v) is 7.88. The Hall–Kier alpha value is -1.17. The van der Waals surface area contributed by atoms with E-state index in [1.54, 1.807) is 0 Å². The van der Waals surface area contributed by atoms with Gasteiger partial charge in [-0.3, -0.25) is 9.59 Å². The number of alkyl halides is 1. The van der Waals surface area contributed by atoms with Gasteiger partial charge in [0, 0.05) is 13.0 Å². The molecular weight excluding hydrogens is 191 g/mol. The molecule has 1 heterocycles. The lowest BCUT2D eigenvalue weighted by atomic mass is 10.2. The van der Waals surface area contributed by atoms with Crippen LogP contribution < -0.4 is 10.6 Å². The molecule has 1 fully saturated rings. The number of carbonyl (C=O) groups is 2. The average molecular weight is 204 g/mol. The van der Waals surface area contributed by atoms with Crippen LogP contribution in [-0.2, 0) is 14.3 Å². The zero-order chi connectivity index (χ0) is 10.6. The fraction of sp³-hybridized carbons (Fsp3) is 0.750. The summed E-state index contributed by atoms with van der Waals surface area (Å²) in [6.07, 6.45) is -0.823. The molecule has 0 aromatic carbocycles. The molecule has 2 atom stereocenters. The van der Waals surface area contributed by atoms with Crippen molar-refractivity contribution in [3.63, 3.8) is 0 Å². The van der Waals surface area contributed by atoms with Crippen molar-refractivity contribution in [2.75, 3.05) is 20.2 Å². The van der Waals surface area contributed by atoms with Crippen LogP contribution in [0.5, 0.6) is 0 Å². The molecule has 0 aromatic heterocycles. The van der Waals surface area contributed by atoms with E-state index >= 15 is 0 Å². The van der Waals surface area contributed by atoms with Gasteiger partial charge in [-0.25, -0.2) is 4.39 Å². The Labute approximate surface area is 81.0 Å². The van der Waals surface area contributed by atoms with Crippen LogP contribution in [0, 0.1) is 0 Å². The van der Waals surface area contributed by atoms with Gasteiger partial charge in [-0.2, -0.15) is 0 Å². The maximum absolute atomic E-state index is 12.7. The van der Waals surface area contributed by atoms with E-state index < -0.39 is 18.2 Å². The molecule has 1 aliphatic rings. The molecule has 14 heavy (non-hydrogen) atoms. The predicted molar refractivity (Wildman–Crippen MR) is 46.3 cm³/mol. The zero-order valence-electron chi connectivity index (χ0n) is 7.88. The first-order chi connectivity index (χ1) is 6.63. The molecule has 1 amide bonds. The van der Waals surface area contributed by atoms with Crippen LogP contribution in [0.2, 0.25) is 0 Å². The minimum Gasteiger partial charge on any atom is -0.468 e. The van der Waals surface area contributed by atoms with E-state index in [0.29, 0.717) is 0 Å². The van der Waals surface area contributed by atoms with Gasteiger partial charge in [0.2, 0.25) is 5.91 Å². The molecule has 1 saturated heterocycles. The first-order valence-electron chi connectivity index (χ1n) is 4.35. The highest BCUT2D eigenvalue weighted by Crippen LogP contribution is 2.09. The minimum absolute atomic E-state index is 0.160. The molecule has 80 valence electrons. The monoisotopic (exact) mass is 204 g/mol. The maximum Gasteiger partial charge on any atom is 0.325 e. The van der Waals surface area contributed by atoms with E-state index in [9.17, 15) is 14.0 Å². The number of esters is 1. The average Bonchev–Trinajstić information content (AvgIpc) is 2.60. The van der Waals surface area contributed by atoms with Crippen molar-refractivity contribution >= 4 is 11.9 Å². The molecule has 2 N–H and O–H groups in total. The lowest BCUT2D eigenvalue weighted by Gasteiger charge is -2.09. The molecule has 0 unspecified atom stereocenters. The summed E-state index contributed by atoms with van der Waals surface area (Å²) in [5, 5.41) is 5.06. The number of hydrogen-bond donors (Lipinski definition) is 2. The Morgan fingerprint density at radius 1 is 1.64 bits per heavy atom. The van der Waals surface area contributed by atoms with Crippen LogP contribution in [0.25, 0.3) is 0 Å². The van der Waals surface area contributed by atoms with Gasteiger partial charge >= 0.3 is 5.97 Å². The molecular formula is C8H13FN2O3. The molecule has 0 aliphatic carbocycles. The fourth-order valence-electron chi connectivity index (χ4n) is 1.25. The van der Waals surface area contributed by atoms with E-state index in [4.69, 9.17) is 0 Å². The topological polar surface area (TPSA) is 67.4 Å². The molecule has 0 bridgehead atoms. The van der Waals surface area contributed by atoms with E-state index in [1.807, 2.05) is 0 Å². The molecule has 6 heteroatoms. The van der Waals surface area contributed by atoms with Crippen LogP contribution in [0.1, 0.15) is 6.42 Å². The summed E-state index contributed by atoms with van der Waals surface area (Å²) in [4.78, 5) is 21.9. The Morgan fingerprint density at radius 2 is 2.36 bits per heavy atom. The smallest absolute Gasteiger partial charge is 0.325 e. The summed E-state index contributed by atoms with van der Waals surface area (Å²) in [6.45, 7) is 0.0147. The summed E-state index contributed by atoms with van der Waals surface area (Å²) >= 11 is 0. The standard InChI is InChI=1S/C8H13FN2O3/c1-14-7(12)4-11-8(13)6-2-5(9)3-10-6/h5-6,10H,2-4H2,1H3,(H,11,13)/t5-,6+/m0/s1. The van der Waals surface area contributed by atoms with Crippen molar-refractivity contribution in [1.82, 2.24) is 10.6 Å². The number of halogens is 1. The van der Waals surface area contributed by atoms with Gasteiger partial charge in [0.15, 0.2) is 0 Å². The molecule has 0 radical (unpaired) electrons. The quantitative estimate of drug-likeness (QED) is 0.577. The predicted octanol–water partition coefficient (Wildman–Crippen LogP) is -1.02. The Balaban J connectivity index is 2.25. The maximum atomic E-state index is 12.7. The summed E-state index contributed by atoms with van der Waals surface area (Å²) in [7, 11) is 1.24. The second-order valence-corrected chi connectivity index (χ2v) is 3.09. The summed E-state index contributed by atoms with van der Waals surface area (Å²) in [6, 6.07) is -0.533. The lowest BCUT2D eigenvalue weighted by Crippen LogP contribution is -2.42. The van der Waals surface area contributed by atoms with Gasteiger partial charge in [-0.1, -0.05) is 0 Å². The molecule has 1 aliphatic heterocycles. The number of carbonyl (C=O) groups excluding carboxylic acids is 2. The van der Waals surface area contributed by atoms with Crippen molar-refractivity contribution in [1.29, 1.82) is 0 Å². The second-order valence-electron chi connectivity index (χ2n) is 3.09. The van der Waals surface area contributed by atoms with Gasteiger partial charge < -0.3 is 15.4 Å². The summed E-state index contributed by atoms with van der Waals surface area (Å²) in [5.74, 6) is -0.885. The number of rotatable bonds is 3. The highest BCUT2D eigenvalue weighted by atomic mass is 19.1. The lowest BCUT2D eigenvalue weighted by molar-refractivity contribution is -0.141. The Morgan fingerprint density at radius 3 is 2.86 bits per heavy atom. The molecule has 0 spiro atoms. The molecule has 1 rings (SSSR count). The van der Waals surface area contributed by atoms with Crippen molar-refractivity contribution in [3.05, 3.63) is 0 Å². The minimum atomic E-state index is -0.983. The summed E-state index contributed by atoms with van der Waals surface area (Å²) in [5.41, 5.74) is 0. The van der Waals surface area contributed by atoms with Crippen LogP contribution in [0.4, 0.5) is 4.39 Å². The first kappa shape index (κ1) is 10.9. The third-order valence-corrected chi connectivity index (χ3v) is 2.03. The SMILES string of the molecule is COC(=O)CNC(=O)[C@H]1C[C@H](F)CN1. The van der Waals surface area contributed by atoms with Gasteiger partial charge in [0.1, 0.15) is 12.7 Å². The van der Waals surface area contributed by atoms with E-state index in [2.05, 4.69) is 15.4 Å². The van der Waals surface area contributed by atoms with Crippen LogP contribution in [0.15, 0.2) is 0 Å². The van der Waals surface area contributed by atoms with Crippen molar-refractivity contribution in [2.45, 2.75) is 18.6 Å². The summed E-state index contributed by atoms with van der Waals surface area (Å²) < 4.78 is 17.0. The molecule has 5 nitrogen and oxygen atoms in total. The number of amides is 1. The van der Waals surface area contributed by atoms with Crippen LogP contribution >= 0.6 is 0 Å². The second kappa shape index (κ2) is 4.90. The van der Waals surface area contributed by atoms with Crippen LogP contribution in [0.3, 0.4) is 0 Å². The van der Waals surface area contributed by atoms with Gasteiger partial charge in [0.25, 0.3) is 0 Å². The molecule has 0 saturated carbocycles. The third-order valence-electron chi connectivity index (χ3n) is 2.03. The highest BCUT2D eigenvalue weighted by molar-refractivity contribution is 5.85. The van der Waals surface area contributed by atoms with Crippen molar-refractivity contribution in [3.8, 4) is 0 Å². The number of nitrogens with one attached hydrogen (secondary N) is 2. The Bertz CT molecular complexity index is 235. The fourth-order valence-corrected chi connectivity index (χ4v) is 1.25. The first-order valence-corrected chi connectivity index (χ1v) is 4.35. The van der Waals surface area contributed by atoms with E-state index in [0.717, 1.165) is 0 Å². The number of hydrogen-bond acceptors (Lipinski definition) is 4. The normalized spacial score (nSPS) is 25.9. The highest BCUT2D eigenvalue weighted by Gasteiger charge is 2.29.